The van der Waals surface area contributed by atoms with Crippen LogP contribution in [0.4, 0.5) is 6.01 Å². The Labute approximate surface area is 150 Å². The van der Waals surface area contributed by atoms with Crippen molar-refractivity contribution in [2.45, 2.75) is 19.4 Å². The average Bonchev–Trinajstić information content (AvgIpc) is 3.24. The zero-order valence-corrected chi connectivity index (χ0v) is 14.5. The first-order chi connectivity index (χ1) is 12.6. The van der Waals surface area contributed by atoms with Crippen LogP contribution >= 0.6 is 0 Å². The molecule has 7 nitrogen and oxygen atoms in total. The Morgan fingerprint density at radius 3 is 2.77 bits per heavy atom. The number of oxazole rings is 1. The molecule has 3 aromatic rings. The predicted octanol–water partition coefficient (Wildman–Crippen LogP) is 3.12. The topological polar surface area (TPSA) is 94.0 Å². The van der Waals surface area contributed by atoms with Crippen molar-refractivity contribution < 1.29 is 13.9 Å². The van der Waals surface area contributed by atoms with Crippen LogP contribution in [0.25, 0.3) is 11.1 Å². The molecule has 132 valence electrons. The zero-order chi connectivity index (χ0) is 18.3. The summed E-state index contributed by atoms with van der Waals surface area (Å²) in [6, 6.07) is 13.4. The number of nitrogens with two attached hydrogens (primary N) is 1. The van der Waals surface area contributed by atoms with Crippen LogP contribution in [0.1, 0.15) is 30.5 Å². The normalized spacial score (nSPS) is 16.8. The van der Waals surface area contributed by atoms with Gasteiger partial charge in [-0.25, -0.2) is 5.01 Å². The minimum absolute atomic E-state index is 0.0755. The summed E-state index contributed by atoms with van der Waals surface area (Å²) in [6.07, 6.45) is 0.603. The maximum atomic E-state index is 12.2. The second-order valence-corrected chi connectivity index (χ2v) is 6.12. The molecule has 1 aliphatic heterocycles. The van der Waals surface area contributed by atoms with E-state index in [-0.39, 0.29) is 18.0 Å². The molecule has 2 heterocycles. The molecule has 0 aliphatic carbocycles. The van der Waals surface area contributed by atoms with E-state index in [0.717, 1.165) is 16.8 Å². The SMILES string of the molecule is COc1cc(C2CC(c3ccccc3)=NN2C(C)=O)cc2nc(N)oc12. The van der Waals surface area contributed by atoms with E-state index in [0.29, 0.717) is 23.3 Å². The number of nitrogens with zero attached hydrogens (tertiary/aromatic N) is 3. The summed E-state index contributed by atoms with van der Waals surface area (Å²) in [5.74, 6) is 0.401. The van der Waals surface area contributed by atoms with Crippen LogP contribution in [-0.2, 0) is 4.79 Å². The molecule has 0 fully saturated rings. The van der Waals surface area contributed by atoms with Gasteiger partial charge in [-0.15, -0.1) is 0 Å². The smallest absolute Gasteiger partial charge is 0.293 e. The number of rotatable bonds is 3. The van der Waals surface area contributed by atoms with E-state index in [4.69, 9.17) is 14.9 Å². The third kappa shape index (κ3) is 2.67. The third-order valence-corrected chi connectivity index (χ3v) is 4.44. The Morgan fingerprint density at radius 2 is 2.08 bits per heavy atom. The van der Waals surface area contributed by atoms with Crippen molar-refractivity contribution in [3.05, 3.63) is 53.6 Å². The lowest BCUT2D eigenvalue weighted by Crippen LogP contribution is -2.24. The number of carbonyl (C=O) groups is 1. The first-order valence-corrected chi connectivity index (χ1v) is 8.23. The number of carbonyl (C=O) groups excluding carboxylic acids is 1. The molecular formula is C19H18N4O3. The number of fused-ring (bicyclic) bond motifs is 1. The summed E-state index contributed by atoms with van der Waals surface area (Å²) < 4.78 is 10.8. The standard InChI is InChI=1S/C19H18N4O3/c1-11(24)23-16(10-14(22-23)12-6-4-3-5-7-12)13-8-15-18(17(9-13)25-2)26-19(20)21-15/h3-9,16H,10H2,1-2H3,(H2,20,21). The number of ether oxygens (including phenoxy) is 1. The van der Waals surface area contributed by atoms with E-state index in [1.807, 2.05) is 42.5 Å². The molecule has 4 rings (SSSR count). The number of hydrogen-bond acceptors (Lipinski definition) is 6. The minimum atomic E-state index is -0.237. The number of anilines is 1. The summed E-state index contributed by atoms with van der Waals surface area (Å²) in [5, 5.41) is 6.05. The molecule has 2 N–H and O–H groups in total. The van der Waals surface area contributed by atoms with Crippen molar-refractivity contribution in [1.82, 2.24) is 9.99 Å². The van der Waals surface area contributed by atoms with E-state index >= 15 is 0 Å². The first-order valence-electron chi connectivity index (χ1n) is 8.23. The van der Waals surface area contributed by atoms with E-state index in [2.05, 4.69) is 10.1 Å². The van der Waals surface area contributed by atoms with Crippen LogP contribution in [0.5, 0.6) is 5.75 Å². The maximum absolute atomic E-state index is 12.2. The Bertz CT molecular complexity index is 1010. The second kappa shape index (κ2) is 6.18. The van der Waals surface area contributed by atoms with Gasteiger partial charge in [-0.05, 0) is 23.3 Å². The van der Waals surface area contributed by atoms with Gasteiger partial charge in [-0.1, -0.05) is 30.3 Å². The van der Waals surface area contributed by atoms with Crippen molar-refractivity contribution >= 4 is 28.7 Å². The van der Waals surface area contributed by atoms with Gasteiger partial charge in [0, 0.05) is 13.3 Å². The fourth-order valence-corrected chi connectivity index (χ4v) is 3.25. The molecule has 1 amide bonds. The largest absolute Gasteiger partial charge is 0.493 e. The summed E-state index contributed by atoms with van der Waals surface area (Å²) in [6.45, 7) is 1.51. The predicted molar refractivity (Wildman–Crippen MR) is 97.8 cm³/mol. The van der Waals surface area contributed by atoms with Gasteiger partial charge in [0.15, 0.2) is 11.3 Å². The second-order valence-electron chi connectivity index (χ2n) is 6.12. The molecule has 0 bridgehead atoms. The quantitative estimate of drug-likeness (QED) is 0.783. The Balaban J connectivity index is 1.77. The Morgan fingerprint density at radius 1 is 1.31 bits per heavy atom. The maximum Gasteiger partial charge on any atom is 0.293 e. The van der Waals surface area contributed by atoms with Crippen molar-refractivity contribution in [2.24, 2.45) is 5.10 Å². The lowest BCUT2D eigenvalue weighted by Gasteiger charge is -2.21. The third-order valence-electron chi connectivity index (χ3n) is 4.44. The molecule has 0 radical (unpaired) electrons. The molecule has 2 aromatic carbocycles. The number of methoxy groups -OCH3 is 1. The highest BCUT2D eigenvalue weighted by Gasteiger charge is 2.32. The fraction of sp³-hybridized carbons (Fsp3) is 0.211. The number of hydrazone groups is 1. The lowest BCUT2D eigenvalue weighted by molar-refractivity contribution is -0.130. The highest BCUT2D eigenvalue weighted by atomic mass is 16.5. The molecule has 0 saturated carbocycles. The number of nitrogen functional groups attached to an aromatic ring is 1. The summed E-state index contributed by atoms with van der Waals surface area (Å²) >= 11 is 0. The van der Waals surface area contributed by atoms with Crippen molar-refractivity contribution in [1.29, 1.82) is 0 Å². The fourth-order valence-electron chi connectivity index (χ4n) is 3.25. The lowest BCUT2D eigenvalue weighted by atomic mass is 9.98. The van der Waals surface area contributed by atoms with Crippen LogP contribution in [0.15, 0.2) is 52.0 Å². The van der Waals surface area contributed by atoms with Crippen molar-refractivity contribution in [3.8, 4) is 5.75 Å². The van der Waals surface area contributed by atoms with Crippen LogP contribution in [0.2, 0.25) is 0 Å². The van der Waals surface area contributed by atoms with Crippen LogP contribution in [-0.4, -0.2) is 28.7 Å². The Kier molecular flexibility index (Phi) is 3.84. The van der Waals surface area contributed by atoms with Crippen LogP contribution in [0, 0.1) is 0 Å². The van der Waals surface area contributed by atoms with Gasteiger partial charge >= 0.3 is 0 Å². The van der Waals surface area contributed by atoms with Gasteiger partial charge in [-0.2, -0.15) is 10.1 Å². The first kappa shape index (κ1) is 16.1. The molecule has 1 unspecified atom stereocenters. The van der Waals surface area contributed by atoms with E-state index in [1.165, 1.54) is 11.9 Å². The molecular weight excluding hydrogens is 332 g/mol. The summed E-state index contributed by atoms with van der Waals surface area (Å²) in [4.78, 5) is 16.4. The zero-order valence-electron chi connectivity index (χ0n) is 14.5. The van der Waals surface area contributed by atoms with Gasteiger partial charge in [0.05, 0.1) is 18.9 Å². The van der Waals surface area contributed by atoms with Crippen LogP contribution < -0.4 is 10.5 Å². The van der Waals surface area contributed by atoms with Gasteiger partial charge in [-0.3, -0.25) is 4.79 Å². The minimum Gasteiger partial charge on any atom is -0.493 e. The molecule has 7 heteroatoms. The molecule has 26 heavy (non-hydrogen) atoms. The van der Waals surface area contributed by atoms with Gasteiger partial charge < -0.3 is 14.9 Å². The highest BCUT2D eigenvalue weighted by molar-refractivity contribution is 6.03. The highest BCUT2D eigenvalue weighted by Crippen LogP contribution is 2.37. The molecule has 1 aromatic heterocycles. The van der Waals surface area contributed by atoms with Crippen molar-refractivity contribution in [3.63, 3.8) is 0 Å². The number of hydrogen-bond donors (Lipinski definition) is 1. The number of aromatic nitrogens is 1. The Hall–Kier alpha value is -3.35. The monoisotopic (exact) mass is 350 g/mol. The van der Waals surface area contributed by atoms with E-state index in [9.17, 15) is 4.79 Å². The summed E-state index contributed by atoms with van der Waals surface area (Å²) in [5.41, 5.74) is 9.49. The molecule has 0 saturated heterocycles. The number of benzene rings is 2. The number of amides is 1. The summed E-state index contributed by atoms with van der Waals surface area (Å²) in [7, 11) is 1.56. The van der Waals surface area contributed by atoms with Gasteiger partial charge in [0.1, 0.15) is 5.52 Å². The van der Waals surface area contributed by atoms with E-state index in [1.54, 1.807) is 7.11 Å². The van der Waals surface area contributed by atoms with Crippen LogP contribution in [0.3, 0.4) is 0 Å². The molecule has 1 atom stereocenters. The van der Waals surface area contributed by atoms with Gasteiger partial charge in [0.25, 0.3) is 6.01 Å². The van der Waals surface area contributed by atoms with E-state index < -0.39 is 0 Å². The molecule has 0 spiro atoms. The van der Waals surface area contributed by atoms with Gasteiger partial charge in [0.2, 0.25) is 5.91 Å². The van der Waals surface area contributed by atoms with Crippen molar-refractivity contribution in [2.75, 3.05) is 12.8 Å². The average molecular weight is 350 g/mol. The molecule has 1 aliphatic rings.